The van der Waals surface area contributed by atoms with E-state index in [-0.39, 0.29) is 24.9 Å². The molecule has 0 fully saturated rings. The fourth-order valence-electron chi connectivity index (χ4n) is 2.70. The van der Waals surface area contributed by atoms with Gasteiger partial charge in [0.1, 0.15) is 5.75 Å². The minimum Gasteiger partial charge on any atom is -0.481 e. The Morgan fingerprint density at radius 2 is 1.48 bits per heavy atom. The smallest absolute Gasteiger partial charge is 0.260 e. The second kappa shape index (κ2) is 10.8. The first-order chi connectivity index (χ1) is 14.5. The molecule has 0 spiro atoms. The highest BCUT2D eigenvalue weighted by molar-refractivity contribution is 7.92. The van der Waals surface area contributed by atoms with Crippen LogP contribution < -0.4 is 20.1 Å². The number of hydrogen-bond donors (Lipinski definition) is 3. The first-order valence-electron chi connectivity index (χ1n) is 9.95. The summed E-state index contributed by atoms with van der Waals surface area (Å²) in [5.74, 6) is 0.439. The van der Waals surface area contributed by atoms with Gasteiger partial charge in [0, 0.05) is 24.3 Å². The molecule has 9 heteroatoms. The highest BCUT2D eigenvalue weighted by Crippen LogP contribution is 2.19. The fourth-order valence-corrected chi connectivity index (χ4v) is 3.26. The Morgan fingerprint density at radius 1 is 0.903 bits per heavy atom. The number of sulfonamides is 1. The van der Waals surface area contributed by atoms with Crippen molar-refractivity contribution in [3.63, 3.8) is 0 Å². The highest BCUT2D eigenvalue weighted by atomic mass is 32.2. The summed E-state index contributed by atoms with van der Waals surface area (Å²) in [6.45, 7) is 6.37. The van der Waals surface area contributed by atoms with Crippen molar-refractivity contribution in [2.24, 2.45) is 0 Å². The van der Waals surface area contributed by atoms with E-state index in [0.29, 0.717) is 22.9 Å². The summed E-state index contributed by atoms with van der Waals surface area (Å²) >= 11 is 0. The first kappa shape index (κ1) is 24.2. The Kier molecular flexibility index (Phi) is 8.44. The molecule has 0 aliphatic rings. The third-order valence-corrected chi connectivity index (χ3v) is 5.00. The van der Waals surface area contributed by atoms with Crippen LogP contribution in [0.25, 0.3) is 0 Å². The van der Waals surface area contributed by atoms with Crippen LogP contribution in [0.3, 0.4) is 0 Å². The molecule has 2 aromatic rings. The monoisotopic (exact) mass is 447 g/mol. The molecule has 31 heavy (non-hydrogen) atoms. The molecule has 0 aliphatic heterocycles. The van der Waals surface area contributed by atoms with E-state index < -0.39 is 16.1 Å². The SMILES string of the molecule is CC(Oc1ccc(C(C)C)cc1)C(=O)NCCNC(=O)c1ccc(NS(C)(=O)=O)cc1. The summed E-state index contributed by atoms with van der Waals surface area (Å²) in [4.78, 5) is 24.3. The lowest BCUT2D eigenvalue weighted by molar-refractivity contribution is -0.127. The Balaban J connectivity index is 1.73. The molecular formula is C22H29N3O5S. The lowest BCUT2D eigenvalue weighted by Crippen LogP contribution is -2.40. The van der Waals surface area contributed by atoms with Crippen molar-refractivity contribution in [1.29, 1.82) is 0 Å². The van der Waals surface area contributed by atoms with Crippen LogP contribution in [-0.4, -0.2) is 45.7 Å². The van der Waals surface area contributed by atoms with Gasteiger partial charge >= 0.3 is 0 Å². The lowest BCUT2D eigenvalue weighted by Gasteiger charge is -2.15. The number of hydrogen-bond acceptors (Lipinski definition) is 5. The molecule has 0 aromatic heterocycles. The third-order valence-electron chi connectivity index (χ3n) is 4.39. The number of nitrogens with one attached hydrogen (secondary N) is 3. The minimum atomic E-state index is -3.37. The van der Waals surface area contributed by atoms with Gasteiger partial charge in [-0.3, -0.25) is 14.3 Å². The van der Waals surface area contributed by atoms with Crippen molar-refractivity contribution in [2.75, 3.05) is 24.1 Å². The Labute approximate surface area is 183 Å². The number of carbonyl (C=O) groups excluding carboxylic acids is 2. The van der Waals surface area contributed by atoms with E-state index in [1.165, 1.54) is 29.8 Å². The van der Waals surface area contributed by atoms with Gasteiger partial charge in [0.15, 0.2) is 6.10 Å². The summed E-state index contributed by atoms with van der Waals surface area (Å²) in [6.07, 6.45) is 0.381. The topological polar surface area (TPSA) is 114 Å². The number of anilines is 1. The minimum absolute atomic E-state index is 0.240. The maximum absolute atomic E-state index is 12.2. The van der Waals surface area contributed by atoms with Gasteiger partial charge < -0.3 is 15.4 Å². The van der Waals surface area contributed by atoms with Gasteiger partial charge in [-0.2, -0.15) is 0 Å². The van der Waals surface area contributed by atoms with Gasteiger partial charge in [-0.25, -0.2) is 8.42 Å². The van der Waals surface area contributed by atoms with Crippen LogP contribution in [0, 0.1) is 0 Å². The third kappa shape index (κ3) is 8.29. The second-order valence-electron chi connectivity index (χ2n) is 7.48. The molecule has 1 unspecified atom stereocenters. The van der Waals surface area contributed by atoms with Crippen molar-refractivity contribution in [2.45, 2.75) is 32.8 Å². The first-order valence-corrected chi connectivity index (χ1v) is 11.8. The van der Waals surface area contributed by atoms with E-state index in [9.17, 15) is 18.0 Å². The molecule has 0 bridgehead atoms. The van der Waals surface area contributed by atoms with E-state index in [2.05, 4.69) is 29.2 Å². The summed E-state index contributed by atoms with van der Waals surface area (Å²) in [5, 5.41) is 5.41. The Hall–Kier alpha value is -3.07. The van der Waals surface area contributed by atoms with Crippen LogP contribution in [0.4, 0.5) is 5.69 Å². The molecule has 0 radical (unpaired) electrons. The molecule has 2 rings (SSSR count). The number of rotatable bonds is 10. The van der Waals surface area contributed by atoms with Crippen LogP contribution in [0.15, 0.2) is 48.5 Å². The van der Waals surface area contributed by atoms with Crippen molar-refractivity contribution >= 4 is 27.5 Å². The summed E-state index contributed by atoms with van der Waals surface area (Å²) in [7, 11) is -3.37. The van der Waals surface area contributed by atoms with E-state index in [1.54, 1.807) is 6.92 Å². The molecule has 2 aromatic carbocycles. The molecule has 0 saturated heterocycles. The molecule has 3 N–H and O–H groups in total. The zero-order chi connectivity index (χ0) is 23.0. The average Bonchev–Trinajstić information content (AvgIpc) is 2.70. The molecule has 0 heterocycles. The van der Waals surface area contributed by atoms with Gasteiger partial charge in [0.2, 0.25) is 10.0 Å². The molecule has 1 atom stereocenters. The van der Waals surface area contributed by atoms with Crippen LogP contribution in [0.2, 0.25) is 0 Å². The standard InChI is InChI=1S/C22H29N3O5S/c1-15(2)17-7-11-20(12-8-17)30-16(3)21(26)23-13-14-24-22(27)18-5-9-19(10-6-18)25-31(4,28)29/h5-12,15-16,25H,13-14H2,1-4H3,(H,23,26)(H,24,27). The normalized spacial score (nSPS) is 12.2. The molecule has 2 amide bonds. The molecule has 0 saturated carbocycles. The molecule has 8 nitrogen and oxygen atoms in total. The van der Waals surface area contributed by atoms with Crippen LogP contribution in [0.5, 0.6) is 5.75 Å². The van der Waals surface area contributed by atoms with Crippen molar-refractivity contribution in [1.82, 2.24) is 10.6 Å². The van der Waals surface area contributed by atoms with Gasteiger partial charge in [-0.15, -0.1) is 0 Å². The van der Waals surface area contributed by atoms with Crippen LogP contribution in [-0.2, 0) is 14.8 Å². The maximum Gasteiger partial charge on any atom is 0.260 e. The highest BCUT2D eigenvalue weighted by Gasteiger charge is 2.14. The maximum atomic E-state index is 12.2. The zero-order valence-corrected chi connectivity index (χ0v) is 19.0. The largest absolute Gasteiger partial charge is 0.481 e. The van der Waals surface area contributed by atoms with Crippen molar-refractivity contribution < 1.29 is 22.7 Å². The molecular weight excluding hydrogens is 418 g/mol. The van der Waals surface area contributed by atoms with Gasteiger partial charge in [0.25, 0.3) is 11.8 Å². The number of benzene rings is 2. The van der Waals surface area contributed by atoms with Crippen molar-refractivity contribution in [3.05, 3.63) is 59.7 Å². The number of amides is 2. The summed E-state index contributed by atoms with van der Waals surface area (Å²) < 4.78 is 30.4. The summed E-state index contributed by atoms with van der Waals surface area (Å²) in [5.41, 5.74) is 1.95. The van der Waals surface area contributed by atoms with Crippen LogP contribution in [0.1, 0.15) is 42.6 Å². The Bertz CT molecular complexity index is 987. The van der Waals surface area contributed by atoms with Gasteiger partial charge in [-0.1, -0.05) is 26.0 Å². The van der Waals surface area contributed by atoms with E-state index in [4.69, 9.17) is 4.74 Å². The molecule has 0 aliphatic carbocycles. The Morgan fingerprint density at radius 3 is 2.03 bits per heavy atom. The average molecular weight is 448 g/mol. The summed E-state index contributed by atoms with van der Waals surface area (Å²) in [6, 6.07) is 13.7. The van der Waals surface area contributed by atoms with Gasteiger partial charge in [-0.05, 0) is 54.8 Å². The second-order valence-corrected chi connectivity index (χ2v) is 9.23. The van der Waals surface area contributed by atoms with Crippen LogP contribution >= 0.6 is 0 Å². The van der Waals surface area contributed by atoms with Crippen molar-refractivity contribution in [3.8, 4) is 5.75 Å². The number of carbonyl (C=O) groups is 2. The fraction of sp³-hybridized carbons (Fsp3) is 0.364. The predicted molar refractivity (Wildman–Crippen MR) is 121 cm³/mol. The zero-order valence-electron chi connectivity index (χ0n) is 18.1. The number of ether oxygens (including phenoxy) is 1. The van der Waals surface area contributed by atoms with E-state index in [1.807, 2.05) is 24.3 Å². The predicted octanol–water partition coefficient (Wildman–Crippen LogP) is 2.50. The van der Waals surface area contributed by atoms with E-state index >= 15 is 0 Å². The van der Waals surface area contributed by atoms with E-state index in [0.717, 1.165) is 6.26 Å². The van der Waals surface area contributed by atoms with Gasteiger partial charge in [0.05, 0.1) is 6.26 Å². The molecule has 168 valence electrons. The lowest BCUT2D eigenvalue weighted by atomic mass is 10.0. The quantitative estimate of drug-likeness (QED) is 0.484.